The largest absolute Gasteiger partial charge is 0.382 e. The molecule has 0 aliphatic rings. The molecule has 0 radical (unpaired) electrons. The lowest BCUT2D eigenvalue weighted by atomic mass is 9.98. The molecule has 2 heterocycles. The van der Waals surface area contributed by atoms with Crippen LogP contribution >= 0.6 is 0 Å². The third-order valence-corrected chi connectivity index (χ3v) is 3.52. The molecule has 1 unspecified atom stereocenters. The molecule has 3 rings (SSSR count). The molecule has 0 amide bonds. The molecule has 0 aliphatic carbocycles. The predicted octanol–water partition coefficient (Wildman–Crippen LogP) is 3.27. The summed E-state index contributed by atoms with van der Waals surface area (Å²) in [5.74, 6) is 0. The van der Waals surface area contributed by atoms with Crippen molar-refractivity contribution in [2.45, 2.75) is 19.4 Å². The summed E-state index contributed by atoms with van der Waals surface area (Å²) in [6.45, 7) is 2.06. The maximum atomic E-state index is 10.7. The predicted molar refractivity (Wildman–Crippen MR) is 79.4 cm³/mol. The first-order valence-electron chi connectivity index (χ1n) is 6.76. The van der Waals surface area contributed by atoms with Crippen LogP contribution in [0.3, 0.4) is 0 Å². The Morgan fingerprint density at radius 1 is 1.00 bits per heavy atom. The van der Waals surface area contributed by atoms with Crippen LogP contribution in [0.15, 0.2) is 54.9 Å². The number of para-hydroxylation sites is 1. The monoisotopic (exact) mass is 264 g/mol. The van der Waals surface area contributed by atoms with E-state index in [2.05, 4.69) is 16.9 Å². The summed E-state index contributed by atoms with van der Waals surface area (Å²) in [5, 5.41) is 11.7. The van der Waals surface area contributed by atoms with E-state index in [1.165, 1.54) is 0 Å². The van der Waals surface area contributed by atoms with Crippen molar-refractivity contribution in [3.8, 4) is 0 Å². The minimum atomic E-state index is -0.746. The van der Waals surface area contributed by atoms with Crippen molar-refractivity contribution in [1.29, 1.82) is 0 Å². The Hall–Kier alpha value is -2.26. The third kappa shape index (κ3) is 2.17. The zero-order valence-corrected chi connectivity index (χ0v) is 11.3. The molecule has 100 valence electrons. The van der Waals surface area contributed by atoms with E-state index in [-0.39, 0.29) is 0 Å². The van der Waals surface area contributed by atoms with Crippen molar-refractivity contribution in [2.75, 3.05) is 0 Å². The Bertz CT molecular complexity index is 734. The molecule has 0 bridgehead atoms. The minimum absolute atomic E-state index is 0.716. The van der Waals surface area contributed by atoms with Gasteiger partial charge in [-0.15, -0.1) is 0 Å². The van der Waals surface area contributed by atoms with Gasteiger partial charge in [0.2, 0.25) is 0 Å². The molecule has 3 aromatic rings. The van der Waals surface area contributed by atoms with E-state index in [0.717, 1.165) is 28.5 Å². The highest BCUT2D eigenvalue weighted by Gasteiger charge is 2.17. The molecule has 0 saturated heterocycles. The standard InChI is InChI=1S/C17H16N2O/c1-2-12-7-4-11-19-16(12)17(20)14-9-3-6-13-8-5-10-18-15(13)14/h3-11,17,20H,2H2,1H3. The molecule has 1 aromatic carbocycles. The van der Waals surface area contributed by atoms with Crippen LogP contribution in [-0.4, -0.2) is 15.1 Å². The normalized spacial score (nSPS) is 12.5. The summed E-state index contributed by atoms with van der Waals surface area (Å²) >= 11 is 0. The van der Waals surface area contributed by atoms with Gasteiger partial charge < -0.3 is 5.11 Å². The first kappa shape index (κ1) is 12.8. The molecule has 1 N–H and O–H groups in total. The lowest BCUT2D eigenvalue weighted by molar-refractivity contribution is 0.215. The number of fused-ring (bicyclic) bond motifs is 1. The fourth-order valence-corrected chi connectivity index (χ4v) is 2.49. The highest BCUT2D eigenvalue weighted by Crippen LogP contribution is 2.28. The molecule has 3 nitrogen and oxygen atoms in total. The first-order chi connectivity index (χ1) is 9.81. The van der Waals surface area contributed by atoms with Gasteiger partial charge in [-0.1, -0.05) is 37.3 Å². The molecule has 3 heteroatoms. The minimum Gasteiger partial charge on any atom is -0.382 e. The lowest BCUT2D eigenvalue weighted by Crippen LogP contribution is -2.07. The van der Waals surface area contributed by atoms with Gasteiger partial charge in [0.15, 0.2) is 0 Å². The van der Waals surface area contributed by atoms with Crippen LogP contribution in [0.25, 0.3) is 10.9 Å². The maximum Gasteiger partial charge on any atom is 0.123 e. The SMILES string of the molecule is CCc1cccnc1C(O)c1cccc2cccnc12. The average Bonchev–Trinajstić information content (AvgIpc) is 2.53. The molecular weight excluding hydrogens is 248 g/mol. The lowest BCUT2D eigenvalue weighted by Gasteiger charge is -2.15. The van der Waals surface area contributed by atoms with E-state index < -0.39 is 6.10 Å². The number of hydrogen-bond donors (Lipinski definition) is 1. The highest BCUT2D eigenvalue weighted by molar-refractivity contribution is 5.82. The van der Waals surface area contributed by atoms with Gasteiger partial charge in [-0.05, 0) is 24.1 Å². The van der Waals surface area contributed by atoms with E-state index in [9.17, 15) is 5.11 Å². The summed E-state index contributed by atoms with van der Waals surface area (Å²) in [6.07, 6.45) is 3.57. The number of rotatable bonds is 3. The number of pyridine rings is 2. The second kappa shape index (κ2) is 5.39. The van der Waals surface area contributed by atoms with Crippen LogP contribution < -0.4 is 0 Å². The number of aromatic nitrogens is 2. The Kier molecular flexibility index (Phi) is 3.44. The number of aliphatic hydroxyl groups excluding tert-OH is 1. The zero-order valence-electron chi connectivity index (χ0n) is 11.3. The van der Waals surface area contributed by atoms with Crippen molar-refractivity contribution in [3.63, 3.8) is 0 Å². The molecular formula is C17H16N2O. The van der Waals surface area contributed by atoms with Crippen molar-refractivity contribution in [1.82, 2.24) is 9.97 Å². The van der Waals surface area contributed by atoms with Crippen molar-refractivity contribution < 1.29 is 5.11 Å². The quantitative estimate of drug-likeness (QED) is 0.789. The van der Waals surface area contributed by atoms with Crippen LogP contribution in [0, 0.1) is 0 Å². The van der Waals surface area contributed by atoms with E-state index in [1.807, 2.05) is 42.5 Å². The fraction of sp³-hybridized carbons (Fsp3) is 0.176. The smallest absolute Gasteiger partial charge is 0.123 e. The van der Waals surface area contributed by atoms with E-state index in [0.29, 0.717) is 5.69 Å². The van der Waals surface area contributed by atoms with E-state index in [1.54, 1.807) is 12.4 Å². The Morgan fingerprint density at radius 3 is 2.60 bits per heavy atom. The van der Waals surface area contributed by atoms with Crippen LogP contribution in [-0.2, 0) is 6.42 Å². The van der Waals surface area contributed by atoms with Crippen LogP contribution in [0.2, 0.25) is 0 Å². The Labute approximate surface area is 117 Å². The van der Waals surface area contributed by atoms with Gasteiger partial charge in [0.25, 0.3) is 0 Å². The third-order valence-electron chi connectivity index (χ3n) is 3.52. The fourth-order valence-electron chi connectivity index (χ4n) is 2.49. The molecule has 0 spiro atoms. The highest BCUT2D eigenvalue weighted by atomic mass is 16.3. The number of aliphatic hydroxyl groups is 1. The van der Waals surface area contributed by atoms with Gasteiger partial charge in [-0.2, -0.15) is 0 Å². The van der Waals surface area contributed by atoms with E-state index in [4.69, 9.17) is 0 Å². The number of benzene rings is 1. The second-order valence-electron chi connectivity index (χ2n) is 4.73. The second-order valence-corrected chi connectivity index (χ2v) is 4.73. The number of aryl methyl sites for hydroxylation is 1. The van der Waals surface area contributed by atoms with E-state index >= 15 is 0 Å². The topological polar surface area (TPSA) is 46.0 Å². The van der Waals surface area contributed by atoms with Crippen LogP contribution in [0.5, 0.6) is 0 Å². The Morgan fingerprint density at radius 2 is 1.75 bits per heavy atom. The first-order valence-corrected chi connectivity index (χ1v) is 6.76. The van der Waals surface area contributed by atoms with Gasteiger partial charge in [0.05, 0.1) is 11.2 Å². The summed E-state index contributed by atoms with van der Waals surface area (Å²) in [6, 6.07) is 13.7. The van der Waals surface area contributed by atoms with Crippen LogP contribution in [0.4, 0.5) is 0 Å². The number of hydrogen-bond acceptors (Lipinski definition) is 3. The van der Waals surface area contributed by atoms with Gasteiger partial charge in [-0.25, -0.2) is 0 Å². The maximum absolute atomic E-state index is 10.7. The van der Waals surface area contributed by atoms with Gasteiger partial charge in [0, 0.05) is 23.3 Å². The summed E-state index contributed by atoms with van der Waals surface area (Å²) in [5.41, 5.74) is 3.41. The number of nitrogens with zero attached hydrogens (tertiary/aromatic N) is 2. The zero-order chi connectivity index (χ0) is 13.9. The molecule has 2 aromatic heterocycles. The van der Waals surface area contributed by atoms with Crippen LogP contribution in [0.1, 0.15) is 29.8 Å². The molecule has 0 aliphatic heterocycles. The van der Waals surface area contributed by atoms with Crippen molar-refractivity contribution >= 4 is 10.9 Å². The molecule has 1 atom stereocenters. The average molecular weight is 264 g/mol. The van der Waals surface area contributed by atoms with Crippen molar-refractivity contribution in [3.05, 3.63) is 71.7 Å². The summed E-state index contributed by atoms with van der Waals surface area (Å²) in [4.78, 5) is 8.75. The Balaban J connectivity index is 2.15. The molecule has 0 saturated carbocycles. The summed E-state index contributed by atoms with van der Waals surface area (Å²) in [7, 11) is 0. The van der Waals surface area contributed by atoms with Gasteiger partial charge in [-0.3, -0.25) is 9.97 Å². The van der Waals surface area contributed by atoms with Crippen molar-refractivity contribution in [2.24, 2.45) is 0 Å². The molecule has 0 fully saturated rings. The van der Waals surface area contributed by atoms with Gasteiger partial charge in [0.1, 0.15) is 6.10 Å². The van der Waals surface area contributed by atoms with Gasteiger partial charge >= 0.3 is 0 Å². The molecule has 20 heavy (non-hydrogen) atoms. The summed E-state index contributed by atoms with van der Waals surface area (Å²) < 4.78 is 0.